The third kappa shape index (κ3) is 3.29. The standard InChI is InChI=1S/C43H24B2N2O2S2/c1-23-42-28(44-38-34(48-42)20-18-26-24-10-2-4-12-30(24)46(40(26)38)32-14-6-8-16-36(32)50-44)22-29-43(23)49-35-21-19-27-25-11-3-5-13-31(25)47-33-15-7-9-17-37(33)51-45(29)39(35)41(27)47/h2-22H,1H3. The minimum atomic E-state index is 0.0369. The van der Waals surface area contributed by atoms with Crippen molar-refractivity contribution in [3.8, 4) is 34.4 Å². The molecule has 0 fully saturated rings. The Hall–Kier alpha value is -5.43. The maximum absolute atomic E-state index is 7.03. The number of fused-ring (bicyclic) bond motifs is 14. The van der Waals surface area contributed by atoms with Crippen molar-refractivity contribution in [2.45, 2.75) is 16.7 Å². The molecule has 0 spiro atoms. The summed E-state index contributed by atoms with van der Waals surface area (Å²) < 4.78 is 19.0. The van der Waals surface area contributed by atoms with Gasteiger partial charge in [-0.3, -0.25) is 0 Å². The Morgan fingerprint density at radius 3 is 1.45 bits per heavy atom. The van der Waals surface area contributed by atoms with Crippen molar-refractivity contribution in [1.82, 2.24) is 9.13 Å². The van der Waals surface area contributed by atoms with Crippen LogP contribution in [0.25, 0.3) is 55.0 Å². The van der Waals surface area contributed by atoms with Crippen LogP contribution < -0.4 is 31.3 Å². The van der Waals surface area contributed by atoms with Crippen LogP contribution in [0.5, 0.6) is 23.0 Å². The monoisotopic (exact) mass is 686 g/mol. The highest BCUT2D eigenvalue weighted by atomic mass is 32.2. The summed E-state index contributed by atoms with van der Waals surface area (Å²) >= 11 is 3.88. The van der Waals surface area contributed by atoms with Gasteiger partial charge in [0.2, 0.25) is 0 Å². The Kier molecular flexibility index (Phi) is 5.07. The molecule has 0 bridgehead atoms. The van der Waals surface area contributed by atoms with Gasteiger partial charge >= 0.3 is 0 Å². The zero-order chi connectivity index (χ0) is 33.1. The molecule has 236 valence electrons. The maximum atomic E-state index is 7.03. The Bertz CT molecular complexity index is 2890. The average Bonchev–Trinajstić information content (AvgIpc) is 3.56. The predicted molar refractivity (Wildman–Crippen MR) is 215 cm³/mol. The van der Waals surface area contributed by atoms with E-state index in [1.807, 2.05) is 23.2 Å². The van der Waals surface area contributed by atoms with Gasteiger partial charge in [-0.25, -0.2) is 0 Å². The highest BCUT2D eigenvalue weighted by molar-refractivity contribution is 8.28. The minimum absolute atomic E-state index is 0.0369. The van der Waals surface area contributed by atoms with E-state index < -0.39 is 0 Å². The third-order valence-electron chi connectivity index (χ3n) is 11.4. The highest BCUT2D eigenvalue weighted by Gasteiger charge is 2.44. The second-order valence-corrected chi connectivity index (χ2v) is 16.2. The van der Waals surface area contributed by atoms with E-state index in [-0.39, 0.29) is 12.0 Å². The quantitative estimate of drug-likeness (QED) is 0.149. The van der Waals surface area contributed by atoms with Gasteiger partial charge in [-0.05, 0) is 78.5 Å². The number of rotatable bonds is 0. The SMILES string of the molecule is Cc1c2c(cc3c1Oc1ccc4c5ccccc5n5c4c1B3Sc1ccccc1-5)B1Sc3ccccc3-n3c4ccccc4c4ccc(c1c43)O2. The average molecular weight is 686 g/mol. The van der Waals surface area contributed by atoms with E-state index in [4.69, 9.17) is 9.47 Å². The molecule has 51 heavy (non-hydrogen) atoms. The number of hydrogen-bond donors (Lipinski definition) is 0. The lowest BCUT2D eigenvalue weighted by molar-refractivity contribution is 0.460. The third-order valence-corrected chi connectivity index (χ3v) is 14.1. The summed E-state index contributed by atoms with van der Waals surface area (Å²) in [6.07, 6.45) is 0. The van der Waals surface area contributed by atoms with Crippen LogP contribution >= 0.6 is 23.2 Å². The lowest BCUT2D eigenvalue weighted by atomic mass is 9.54. The van der Waals surface area contributed by atoms with Gasteiger partial charge in [-0.15, -0.1) is 0 Å². The fraction of sp³-hybridized carbons (Fsp3) is 0.0233. The molecule has 0 atom stereocenters. The zero-order valence-corrected chi connectivity index (χ0v) is 28.9. The number of para-hydroxylation sites is 4. The van der Waals surface area contributed by atoms with Gasteiger partial charge in [0.25, 0.3) is 12.0 Å². The Balaban J connectivity index is 1.12. The van der Waals surface area contributed by atoms with E-state index in [9.17, 15) is 0 Å². The van der Waals surface area contributed by atoms with Crippen molar-refractivity contribution < 1.29 is 9.47 Å². The second-order valence-electron chi connectivity index (χ2n) is 13.9. The largest absolute Gasteiger partial charge is 0.458 e. The highest BCUT2D eigenvalue weighted by Crippen LogP contribution is 2.48. The molecule has 0 saturated carbocycles. The first-order valence-electron chi connectivity index (χ1n) is 17.4. The van der Waals surface area contributed by atoms with E-state index in [1.54, 1.807) is 0 Å². The van der Waals surface area contributed by atoms with Crippen molar-refractivity contribution in [1.29, 1.82) is 0 Å². The molecule has 0 radical (unpaired) electrons. The molecule has 0 unspecified atom stereocenters. The molecule has 4 aliphatic heterocycles. The van der Waals surface area contributed by atoms with E-state index in [2.05, 4.69) is 143 Å². The molecule has 6 heterocycles. The Labute approximate surface area is 301 Å². The maximum Gasteiger partial charge on any atom is 0.291 e. The molecule has 2 aromatic heterocycles. The van der Waals surface area contributed by atoms with E-state index >= 15 is 0 Å². The lowest BCUT2D eigenvalue weighted by Crippen LogP contribution is -2.50. The molecule has 13 rings (SSSR count). The first-order chi connectivity index (χ1) is 25.2. The predicted octanol–water partition coefficient (Wildman–Crippen LogP) is 8.82. The summed E-state index contributed by atoms with van der Waals surface area (Å²) in [5.41, 5.74) is 13.3. The van der Waals surface area contributed by atoms with Crippen molar-refractivity contribution in [3.63, 3.8) is 0 Å². The number of nitrogens with zero attached hydrogens (tertiary/aromatic N) is 2. The van der Waals surface area contributed by atoms with Crippen LogP contribution in [-0.2, 0) is 0 Å². The number of hydrogen-bond acceptors (Lipinski definition) is 4. The van der Waals surface area contributed by atoms with Crippen molar-refractivity contribution in [2.24, 2.45) is 0 Å². The van der Waals surface area contributed by atoms with Crippen LogP contribution in [0.1, 0.15) is 5.56 Å². The Morgan fingerprint density at radius 2 is 0.941 bits per heavy atom. The molecule has 7 aromatic carbocycles. The van der Waals surface area contributed by atoms with Crippen molar-refractivity contribution in [3.05, 3.63) is 133 Å². The smallest absolute Gasteiger partial charge is 0.291 e. The number of ether oxygens (including phenoxy) is 2. The van der Waals surface area contributed by atoms with Crippen molar-refractivity contribution >= 4 is 101 Å². The topological polar surface area (TPSA) is 28.3 Å². The van der Waals surface area contributed by atoms with Gasteiger partial charge in [0.15, 0.2) is 0 Å². The molecule has 0 N–H and O–H groups in total. The van der Waals surface area contributed by atoms with Gasteiger partial charge in [-0.2, -0.15) is 23.2 Å². The molecule has 0 amide bonds. The van der Waals surface area contributed by atoms with Crippen LogP contribution in [0, 0.1) is 6.92 Å². The summed E-state index contributed by atoms with van der Waals surface area (Å²) in [6.45, 7) is 2.18. The fourth-order valence-corrected chi connectivity index (χ4v) is 12.0. The minimum Gasteiger partial charge on any atom is -0.458 e. The van der Waals surface area contributed by atoms with Crippen LogP contribution in [0.2, 0.25) is 0 Å². The van der Waals surface area contributed by atoms with Gasteiger partial charge in [0.1, 0.15) is 23.0 Å². The van der Waals surface area contributed by atoms with E-state index in [1.165, 1.54) is 86.6 Å². The fourth-order valence-electron chi connectivity index (χ4n) is 9.32. The number of benzene rings is 7. The summed E-state index contributed by atoms with van der Waals surface area (Å²) in [5.74, 6) is 3.75. The first-order valence-corrected chi connectivity index (χ1v) is 19.2. The molecule has 4 nitrogen and oxygen atoms in total. The second kappa shape index (κ2) is 9.46. The van der Waals surface area contributed by atoms with Gasteiger partial charge in [0, 0.05) is 47.8 Å². The van der Waals surface area contributed by atoms with Gasteiger partial charge < -0.3 is 18.6 Å². The summed E-state index contributed by atoms with van der Waals surface area (Å²) in [6, 6.07) is 46.6. The molecule has 0 aliphatic carbocycles. The first kappa shape index (κ1) is 27.3. The van der Waals surface area contributed by atoms with Gasteiger partial charge in [0.05, 0.1) is 33.4 Å². The summed E-state index contributed by atoms with van der Waals surface area (Å²) in [5, 5.41) is 5.05. The summed E-state index contributed by atoms with van der Waals surface area (Å²) in [4.78, 5) is 2.53. The van der Waals surface area contributed by atoms with Crippen LogP contribution in [0.15, 0.2) is 137 Å². The lowest BCUT2D eigenvalue weighted by Gasteiger charge is -2.32. The summed E-state index contributed by atoms with van der Waals surface area (Å²) in [7, 11) is 0. The zero-order valence-electron chi connectivity index (χ0n) is 27.3. The molecular formula is C43H24B2N2O2S2. The normalized spacial score (nSPS) is 14.5. The van der Waals surface area contributed by atoms with E-state index in [0.29, 0.717) is 0 Å². The number of aromatic nitrogens is 2. The van der Waals surface area contributed by atoms with E-state index in [0.717, 1.165) is 28.6 Å². The molecular weight excluding hydrogens is 662 g/mol. The van der Waals surface area contributed by atoms with Crippen LogP contribution in [-0.4, -0.2) is 21.1 Å². The van der Waals surface area contributed by atoms with Crippen LogP contribution in [0.3, 0.4) is 0 Å². The molecule has 8 heteroatoms. The molecule has 4 aliphatic rings. The van der Waals surface area contributed by atoms with Crippen molar-refractivity contribution in [2.75, 3.05) is 0 Å². The van der Waals surface area contributed by atoms with Gasteiger partial charge in [-0.1, -0.05) is 66.7 Å². The van der Waals surface area contributed by atoms with Crippen LogP contribution in [0.4, 0.5) is 0 Å². The molecule has 0 saturated heterocycles. The Morgan fingerprint density at radius 1 is 0.490 bits per heavy atom. The molecule has 9 aromatic rings.